The molecule has 25 valence electrons. The predicted octanol–water partition coefficient (Wildman–Crippen LogP) is -0.0100. The maximum Gasteiger partial charge on any atom is 0 e. The second-order valence-electron chi connectivity index (χ2n) is 0. The van der Waals surface area contributed by atoms with Crippen molar-refractivity contribution in [2.45, 2.75) is 0 Å². The van der Waals surface area contributed by atoms with Crippen molar-refractivity contribution in [2.24, 2.45) is 0 Å². The fourth-order valence-electron chi connectivity index (χ4n) is 0. The third-order valence-electron chi connectivity index (χ3n) is 0. The average molecular weight is 251 g/mol. The van der Waals surface area contributed by atoms with E-state index in [1.54, 1.807) is 0 Å². The summed E-state index contributed by atoms with van der Waals surface area (Å²) in [4.78, 5) is 0. The maximum atomic E-state index is 0. The summed E-state index contributed by atoms with van der Waals surface area (Å²) in [7, 11) is 0. The minimum Gasteiger partial charge on any atom is 0 e. The van der Waals surface area contributed by atoms with Gasteiger partial charge >= 0.3 is 0 Å². The van der Waals surface area contributed by atoms with E-state index < -0.39 is 0 Å². The molecule has 0 aliphatic rings. The summed E-state index contributed by atoms with van der Waals surface area (Å²) in [6.07, 6.45) is 0. The van der Waals surface area contributed by atoms with E-state index in [9.17, 15) is 0 Å². The molecule has 0 aliphatic heterocycles. The zero-order chi connectivity index (χ0) is 0. The van der Waals surface area contributed by atoms with Crippen molar-refractivity contribution >= 4 is 0 Å². The molecular weight excluding hydrogens is 251 g/mol. The Morgan fingerprint density at radius 1 is 1.00 bits per heavy atom. The van der Waals surface area contributed by atoms with Crippen LogP contribution in [0.4, 0.5) is 0 Å². The van der Waals surface area contributed by atoms with Gasteiger partial charge in [-0.05, 0) is 0 Å². The molecule has 0 bridgehead atoms. The summed E-state index contributed by atoms with van der Waals surface area (Å²) in [5.74, 6) is 0. The Kier molecular flexibility index (Phi) is 141. The Hall–Kier alpha value is 2.48. The number of hydrogen-bond acceptors (Lipinski definition) is 0. The van der Waals surface area contributed by atoms with Gasteiger partial charge in [-0.25, -0.2) is 0 Å². The van der Waals surface area contributed by atoms with Crippen molar-refractivity contribution < 1.29 is 78.0 Å². The van der Waals surface area contributed by atoms with Crippen LogP contribution in [-0.2, 0) is 78.0 Å². The summed E-state index contributed by atoms with van der Waals surface area (Å²) in [5.41, 5.74) is 0. The Morgan fingerprint density at radius 3 is 1.00 bits per heavy atom. The van der Waals surface area contributed by atoms with Crippen molar-refractivity contribution in [3.8, 4) is 0 Å². The first-order valence-electron chi connectivity index (χ1n) is 0. The van der Waals surface area contributed by atoms with Crippen molar-refractivity contribution in [3.63, 3.8) is 0 Å². The van der Waals surface area contributed by atoms with Crippen LogP contribution in [0.5, 0.6) is 0 Å². The molecule has 0 heterocycles. The molecule has 0 spiro atoms. The van der Waals surface area contributed by atoms with Crippen LogP contribution in [0.25, 0.3) is 0 Å². The van der Waals surface area contributed by atoms with Crippen molar-refractivity contribution in [3.05, 3.63) is 0 Å². The summed E-state index contributed by atoms with van der Waals surface area (Å²) >= 11 is 0. The molecule has 0 saturated carbocycles. The Bertz CT molecular complexity index is 8.00. The minimum absolute atomic E-state index is 0. The van der Waals surface area contributed by atoms with Crippen LogP contribution in [-0.4, -0.2) is 0 Å². The molecular formula is CrNbNiTi. The monoisotopic (exact) mass is 251 g/mol. The van der Waals surface area contributed by atoms with Gasteiger partial charge in [-0.2, -0.15) is 0 Å². The summed E-state index contributed by atoms with van der Waals surface area (Å²) < 4.78 is 0. The minimum atomic E-state index is 0. The molecule has 0 amide bonds. The van der Waals surface area contributed by atoms with Crippen LogP contribution in [0.3, 0.4) is 0 Å². The number of hydrogen-bond donors (Lipinski definition) is 0. The Labute approximate surface area is 76.9 Å². The molecule has 0 aromatic heterocycles. The Balaban J connectivity index is 0. The van der Waals surface area contributed by atoms with E-state index in [1.165, 1.54) is 0 Å². The smallest absolute Gasteiger partial charge is 0 e. The van der Waals surface area contributed by atoms with Crippen molar-refractivity contribution in [2.75, 3.05) is 0 Å². The second kappa shape index (κ2) is 17.9. The third-order valence-corrected chi connectivity index (χ3v) is 0. The molecule has 0 aliphatic carbocycles. The molecule has 0 aromatic carbocycles. The Morgan fingerprint density at radius 2 is 1.00 bits per heavy atom. The first-order chi connectivity index (χ1) is 0. The molecule has 0 nitrogen and oxygen atoms in total. The van der Waals surface area contributed by atoms with Crippen LogP contribution in [0, 0.1) is 0 Å². The zero-order valence-electron chi connectivity index (χ0n) is 1.67. The summed E-state index contributed by atoms with van der Waals surface area (Å²) in [6, 6.07) is 0. The van der Waals surface area contributed by atoms with Crippen molar-refractivity contribution in [1.82, 2.24) is 0 Å². The molecule has 0 atom stereocenters. The normalized spacial score (nSPS) is 0. The van der Waals surface area contributed by atoms with Gasteiger partial charge in [-0.1, -0.05) is 0 Å². The van der Waals surface area contributed by atoms with Gasteiger partial charge in [-0.15, -0.1) is 0 Å². The van der Waals surface area contributed by atoms with Gasteiger partial charge in [-0.3, -0.25) is 0 Å². The number of rotatable bonds is 0. The van der Waals surface area contributed by atoms with Crippen LogP contribution in [0.1, 0.15) is 0 Å². The molecule has 4 heavy (non-hydrogen) atoms. The summed E-state index contributed by atoms with van der Waals surface area (Å²) in [5, 5.41) is 0. The maximum absolute atomic E-state index is 0. The largest absolute Gasteiger partial charge is 0 e. The van der Waals surface area contributed by atoms with Crippen LogP contribution in [0.15, 0.2) is 0 Å². The second-order valence-corrected chi connectivity index (χ2v) is 0. The van der Waals surface area contributed by atoms with E-state index in [0.29, 0.717) is 0 Å². The summed E-state index contributed by atoms with van der Waals surface area (Å²) in [6.45, 7) is 0. The van der Waals surface area contributed by atoms with E-state index in [2.05, 4.69) is 0 Å². The quantitative estimate of drug-likeness (QED) is 0.531. The standard InChI is InChI=1S/Cr.Nb.Ni.Ti. The third kappa shape index (κ3) is 8.82. The topological polar surface area (TPSA) is 0 Å². The van der Waals surface area contributed by atoms with E-state index in [0.717, 1.165) is 0 Å². The molecule has 0 aromatic rings. The molecule has 4 heteroatoms. The van der Waals surface area contributed by atoms with Crippen LogP contribution < -0.4 is 0 Å². The van der Waals surface area contributed by atoms with Gasteiger partial charge in [0.25, 0.3) is 0 Å². The molecule has 0 unspecified atom stereocenters. The van der Waals surface area contributed by atoms with Crippen molar-refractivity contribution in [1.29, 1.82) is 0 Å². The first kappa shape index (κ1) is 31.6. The van der Waals surface area contributed by atoms with E-state index >= 15 is 0 Å². The molecule has 0 fully saturated rings. The van der Waals surface area contributed by atoms with E-state index in [4.69, 9.17) is 0 Å². The van der Waals surface area contributed by atoms with E-state index in [1.807, 2.05) is 0 Å². The molecule has 0 N–H and O–H groups in total. The average Bonchev–Trinajstić information content (AvgIpc) is 0. The van der Waals surface area contributed by atoms with Gasteiger partial charge in [0.15, 0.2) is 0 Å². The molecule has 0 saturated heterocycles. The van der Waals surface area contributed by atoms with Gasteiger partial charge < -0.3 is 0 Å². The zero-order valence-corrected chi connectivity index (χ0v) is 7.69. The predicted molar refractivity (Wildman–Crippen MR) is 0 cm³/mol. The van der Waals surface area contributed by atoms with Crippen LogP contribution in [0.2, 0.25) is 0 Å². The van der Waals surface area contributed by atoms with Crippen LogP contribution >= 0.6 is 0 Å². The first-order valence-corrected chi connectivity index (χ1v) is 0. The molecule has 1 radical (unpaired) electrons. The van der Waals surface area contributed by atoms with E-state index in [-0.39, 0.29) is 78.0 Å². The fourth-order valence-corrected chi connectivity index (χ4v) is 0. The molecule has 0 rings (SSSR count). The fraction of sp³-hybridized carbons (Fsp3) is 0. The van der Waals surface area contributed by atoms with Gasteiger partial charge in [0, 0.05) is 78.0 Å². The van der Waals surface area contributed by atoms with Gasteiger partial charge in [0.1, 0.15) is 0 Å². The SMILES string of the molecule is [Cr].[Nb].[Ni].[Ti]. The van der Waals surface area contributed by atoms with Gasteiger partial charge in [0.2, 0.25) is 0 Å². The van der Waals surface area contributed by atoms with Gasteiger partial charge in [0.05, 0.1) is 0 Å².